The lowest BCUT2D eigenvalue weighted by Gasteiger charge is -2.32. The van der Waals surface area contributed by atoms with Crippen molar-refractivity contribution in [2.24, 2.45) is 0 Å². The van der Waals surface area contributed by atoms with Crippen molar-refractivity contribution in [2.75, 3.05) is 32.0 Å². The van der Waals surface area contributed by atoms with Crippen LogP contribution in [0.2, 0.25) is 0 Å². The summed E-state index contributed by atoms with van der Waals surface area (Å²) in [4.78, 5) is 14.2. The normalized spacial score (nSPS) is 16.9. The standard InChI is InChI=1S/C16H25N3O/c1-4-19-9-7-14(8-10-19)18-15-11-13(16(20)17-3)6-5-12(15)2/h5-6,11,14,18H,4,7-10H2,1-3H3,(H,17,20). The third-order valence-electron chi connectivity index (χ3n) is 4.12. The Hall–Kier alpha value is -1.55. The lowest BCUT2D eigenvalue weighted by molar-refractivity contribution is 0.0963. The smallest absolute Gasteiger partial charge is 0.251 e. The number of rotatable bonds is 4. The summed E-state index contributed by atoms with van der Waals surface area (Å²) < 4.78 is 0. The zero-order chi connectivity index (χ0) is 14.5. The number of nitrogens with one attached hydrogen (secondary N) is 2. The number of benzene rings is 1. The Bertz CT molecular complexity index is 465. The summed E-state index contributed by atoms with van der Waals surface area (Å²) in [5.74, 6) is -0.0335. The summed E-state index contributed by atoms with van der Waals surface area (Å²) in [5.41, 5.74) is 2.99. The number of carbonyl (C=O) groups is 1. The maximum absolute atomic E-state index is 11.7. The first kappa shape index (κ1) is 14.9. The van der Waals surface area contributed by atoms with Crippen LogP contribution in [0.1, 0.15) is 35.7 Å². The Kier molecular flexibility index (Phi) is 5.01. The minimum atomic E-state index is -0.0335. The minimum Gasteiger partial charge on any atom is -0.382 e. The molecule has 1 amide bonds. The van der Waals surface area contributed by atoms with Crippen molar-refractivity contribution in [1.29, 1.82) is 0 Å². The van der Waals surface area contributed by atoms with E-state index >= 15 is 0 Å². The van der Waals surface area contributed by atoms with Gasteiger partial charge in [0, 0.05) is 37.4 Å². The highest BCUT2D eigenvalue weighted by Crippen LogP contribution is 2.21. The van der Waals surface area contributed by atoms with Crippen LogP contribution in [0, 0.1) is 6.92 Å². The van der Waals surface area contributed by atoms with E-state index in [9.17, 15) is 4.79 Å². The molecule has 1 aliphatic heterocycles. The minimum absolute atomic E-state index is 0.0335. The van der Waals surface area contributed by atoms with E-state index in [2.05, 4.69) is 29.4 Å². The summed E-state index contributed by atoms with van der Waals surface area (Å²) in [6.45, 7) is 7.74. The number of carbonyl (C=O) groups excluding carboxylic acids is 1. The topological polar surface area (TPSA) is 44.4 Å². The molecular weight excluding hydrogens is 250 g/mol. The van der Waals surface area contributed by atoms with Gasteiger partial charge in [-0.3, -0.25) is 4.79 Å². The van der Waals surface area contributed by atoms with Crippen LogP contribution in [0.5, 0.6) is 0 Å². The molecule has 1 aromatic rings. The summed E-state index contributed by atoms with van der Waals surface area (Å²) in [5, 5.41) is 6.28. The van der Waals surface area contributed by atoms with E-state index in [1.807, 2.05) is 18.2 Å². The zero-order valence-corrected chi connectivity index (χ0v) is 12.7. The number of hydrogen-bond donors (Lipinski definition) is 2. The van der Waals surface area contributed by atoms with Crippen LogP contribution < -0.4 is 10.6 Å². The first-order valence-electron chi connectivity index (χ1n) is 7.45. The molecule has 0 saturated carbocycles. The van der Waals surface area contributed by atoms with Crippen LogP contribution in [0.3, 0.4) is 0 Å². The van der Waals surface area contributed by atoms with Crippen LogP contribution in [0.4, 0.5) is 5.69 Å². The average molecular weight is 275 g/mol. The molecule has 0 unspecified atom stereocenters. The van der Waals surface area contributed by atoms with Crippen LogP contribution in [0.15, 0.2) is 18.2 Å². The second-order valence-corrected chi connectivity index (χ2v) is 5.46. The summed E-state index contributed by atoms with van der Waals surface area (Å²) in [6.07, 6.45) is 2.33. The Labute approximate surface area is 121 Å². The Morgan fingerprint density at radius 1 is 1.35 bits per heavy atom. The maximum Gasteiger partial charge on any atom is 0.251 e. The molecule has 2 N–H and O–H groups in total. The molecule has 4 nitrogen and oxygen atoms in total. The number of aryl methyl sites for hydroxylation is 1. The fourth-order valence-corrected chi connectivity index (χ4v) is 2.68. The third-order valence-corrected chi connectivity index (χ3v) is 4.12. The molecule has 0 radical (unpaired) electrons. The number of hydrogen-bond acceptors (Lipinski definition) is 3. The second-order valence-electron chi connectivity index (χ2n) is 5.46. The summed E-state index contributed by atoms with van der Waals surface area (Å²) >= 11 is 0. The highest BCUT2D eigenvalue weighted by molar-refractivity contribution is 5.95. The molecular formula is C16H25N3O. The van der Waals surface area contributed by atoms with E-state index in [0.29, 0.717) is 11.6 Å². The van der Waals surface area contributed by atoms with Gasteiger partial charge in [0.2, 0.25) is 0 Å². The fraction of sp³-hybridized carbons (Fsp3) is 0.562. The second kappa shape index (κ2) is 6.75. The van der Waals surface area contributed by atoms with Crippen molar-refractivity contribution in [3.63, 3.8) is 0 Å². The van der Waals surface area contributed by atoms with Crippen LogP contribution in [0.25, 0.3) is 0 Å². The molecule has 1 heterocycles. The molecule has 0 aromatic heterocycles. The van der Waals surface area contributed by atoms with Gasteiger partial charge in [-0.1, -0.05) is 13.0 Å². The molecule has 0 spiro atoms. The number of nitrogens with zero attached hydrogens (tertiary/aromatic N) is 1. The first-order chi connectivity index (χ1) is 9.63. The Morgan fingerprint density at radius 2 is 2.05 bits per heavy atom. The predicted octanol–water partition coefficient (Wildman–Crippen LogP) is 2.25. The molecule has 110 valence electrons. The average Bonchev–Trinajstić information content (AvgIpc) is 2.49. The quantitative estimate of drug-likeness (QED) is 0.886. The van der Waals surface area contributed by atoms with E-state index in [1.165, 1.54) is 5.56 Å². The van der Waals surface area contributed by atoms with Crippen LogP contribution >= 0.6 is 0 Å². The molecule has 0 aliphatic carbocycles. The van der Waals surface area contributed by atoms with E-state index in [-0.39, 0.29) is 5.91 Å². The maximum atomic E-state index is 11.7. The Morgan fingerprint density at radius 3 is 2.65 bits per heavy atom. The van der Waals surface area contributed by atoms with E-state index in [0.717, 1.165) is 38.2 Å². The Balaban J connectivity index is 2.03. The molecule has 0 atom stereocenters. The lowest BCUT2D eigenvalue weighted by atomic mass is 10.0. The van der Waals surface area contributed by atoms with Gasteiger partial charge in [0.15, 0.2) is 0 Å². The first-order valence-corrected chi connectivity index (χ1v) is 7.45. The number of amides is 1. The largest absolute Gasteiger partial charge is 0.382 e. The molecule has 20 heavy (non-hydrogen) atoms. The lowest BCUT2D eigenvalue weighted by Crippen LogP contribution is -2.39. The molecule has 1 fully saturated rings. The monoisotopic (exact) mass is 275 g/mol. The molecule has 1 aliphatic rings. The molecule has 2 rings (SSSR count). The van der Waals surface area contributed by atoms with Gasteiger partial charge in [-0.15, -0.1) is 0 Å². The van der Waals surface area contributed by atoms with Crippen molar-refractivity contribution in [3.05, 3.63) is 29.3 Å². The van der Waals surface area contributed by atoms with Gasteiger partial charge in [-0.05, 0) is 44.0 Å². The number of piperidine rings is 1. The summed E-state index contributed by atoms with van der Waals surface area (Å²) in [7, 11) is 1.66. The van der Waals surface area contributed by atoms with Gasteiger partial charge in [-0.2, -0.15) is 0 Å². The van der Waals surface area contributed by atoms with E-state index < -0.39 is 0 Å². The van der Waals surface area contributed by atoms with Crippen molar-refractivity contribution in [1.82, 2.24) is 10.2 Å². The van der Waals surface area contributed by atoms with Crippen molar-refractivity contribution < 1.29 is 4.79 Å². The molecule has 1 aromatic carbocycles. The van der Waals surface area contributed by atoms with Gasteiger partial charge in [-0.25, -0.2) is 0 Å². The highest BCUT2D eigenvalue weighted by atomic mass is 16.1. The third kappa shape index (κ3) is 3.51. The van der Waals surface area contributed by atoms with Crippen molar-refractivity contribution >= 4 is 11.6 Å². The SMILES string of the molecule is CCN1CCC(Nc2cc(C(=O)NC)ccc2C)CC1. The van der Waals surface area contributed by atoms with Gasteiger partial charge in [0.05, 0.1) is 0 Å². The number of likely N-dealkylation sites (tertiary alicyclic amines) is 1. The zero-order valence-electron chi connectivity index (χ0n) is 12.7. The molecule has 1 saturated heterocycles. The van der Waals surface area contributed by atoms with Gasteiger partial charge in [0.25, 0.3) is 5.91 Å². The van der Waals surface area contributed by atoms with Crippen molar-refractivity contribution in [2.45, 2.75) is 32.7 Å². The number of anilines is 1. The molecule has 4 heteroatoms. The van der Waals surface area contributed by atoms with E-state index in [4.69, 9.17) is 0 Å². The van der Waals surface area contributed by atoms with Gasteiger partial charge < -0.3 is 15.5 Å². The van der Waals surface area contributed by atoms with Crippen LogP contribution in [-0.4, -0.2) is 43.5 Å². The van der Waals surface area contributed by atoms with Gasteiger partial charge in [0.1, 0.15) is 0 Å². The summed E-state index contributed by atoms with van der Waals surface area (Å²) in [6, 6.07) is 6.35. The fourth-order valence-electron chi connectivity index (χ4n) is 2.68. The predicted molar refractivity (Wildman–Crippen MR) is 83.3 cm³/mol. The van der Waals surface area contributed by atoms with Gasteiger partial charge >= 0.3 is 0 Å². The van der Waals surface area contributed by atoms with Crippen LogP contribution in [-0.2, 0) is 0 Å². The van der Waals surface area contributed by atoms with E-state index in [1.54, 1.807) is 7.05 Å². The molecule has 0 bridgehead atoms. The van der Waals surface area contributed by atoms with Crippen molar-refractivity contribution in [3.8, 4) is 0 Å². The highest BCUT2D eigenvalue weighted by Gasteiger charge is 2.18.